The number of likely N-dealkylation sites (N-methyl/N-ethyl adjacent to an activating group) is 2. The first-order valence-corrected chi connectivity index (χ1v) is 7.17. The van der Waals surface area contributed by atoms with Gasteiger partial charge in [-0.05, 0) is 32.5 Å². The third-order valence-electron chi connectivity index (χ3n) is 3.25. The molecule has 1 aromatic rings. The van der Waals surface area contributed by atoms with Gasteiger partial charge >= 0.3 is 0 Å². The van der Waals surface area contributed by atoms with E-state index in [9.17, 15) is 4.79 Å². The van der Waals surface area contributed by atoms with Crippen LogP contribution in [0.15, 0.2) is 30.3 Å². The second-order valence-electron chi connectivity index (χ2n) is 4.98. The van der Waals surface area contributed by atoms with Crippen molar-refractivity contribution in [2.45, 2.75) is 33.2 Å². The van der Waals surface area contributed by atoms with Crippen LogP contribution in [0.1, 0.15) is 32.3 Å². The number of carbonyl (C=O) groups excluding carboxylic acids is 1. The van der Waals surface area contributed by atoms with Crippen molar-refractivity contribution in [3.63, 3.8) is 0 Å². The van der Waals surface area contributed by atoms with Crippen LogP contribution < -0.4 is 0 Å². The lowest BCUT2D eigenvalue weighted by atomic mass is 10.2. The van der Waals surface area contributed by atoms with Crippen LogP contribution in [0.4, 0.5) is 0 Å². The van der Waals surface area contributed by atoms with E-state index in [2.05, 4.69) is 24.0 Å². The van der Waals surface area contributed by atoms with Gasteiger partial charge < -0.3 is 4.90 Å². The summed E-state index contributed by atoms with van der Waals surface area (Å²) in [5.74, 6) is 0.213. The van der Waals surface area contributed by atoms with Crippen molar-refractivity contribution in [1.29, 1.82) is 0 Å². The van der Waals surface area contributed by atoms with Gasteiger partial charge in [-0.2, -0.15) is 0 Å². The van der Waals surface area contributed by atoms with E-state index in [-0.39, 0.29) is 5.91 Å². The zero-order valence-corrected chi connectivity index (χ0v) is 12.4. The van der Waals surface area contributed by atoms with E-state index in [1.807, 2.05) is 37.1 Å². The fourth-order valence-corrected chi connectivity index (χ4v) is 2.02. The second kappa shape index (κ2) is 8.70. The average molecular weight is 262 g/mol. The highest BCUT2D eigenvalue weighted by Gasteiger charge is 2.13. The Morgan fingerprint density at radius 1 is 1.16 bits per heavy atom. The first-order valence-electron chi connectivity index (χ1n) is 7.17. The second-order valence-corrected chi connectivity index (χ2v) is 4.98. The maximum absolute atomic E-state index is 12.2. The molecule has 0 fully saturated rings. The molecule has 0 bridgehead atoms. The molecule has 0 heterocycles. The maximum atomic E-state index is 12.2. The van der Waals surface area contributed by atoms with Gasteiger partial charge in [0.1, 0.15) is 0 Å². The Bertz CT molecular complexity index is 364. The lowest BCUT2D eigenvalue weighted by Gasteiger charge is -2.24. The predicted molar refractivity (Wildman–Crippen MR) is 79.9 cm³/mol. The van der Waals surface area contributed by atoms with Crippen molar-refractivity contribution in [3.05, 3.63) is 35.9 Å². The number of nitrogens with zero attached hydrogens (tertiary/aromatic N) is 2. The summed E-state index contributed by atoms with van der Waals surface area (Å²) in [4.78, 5) is 16.3. The number of rotatable bonds is 8. The van der Waals surface area contributed by atoms with Crippen molar-refractivity contribution in [3.8, 4) is 0 Å². The Labute approximate surface area is 117 Å². The van der Waals surface area contributed by atoms with Crippen LogP contribution in [0.2, 0.25) is 0 Å². The molecule has 0 saturated carbocycles. The smallest absolute Gasteiger partial charge is 0.237 e. The van der Waals surface area contributed by atoms with E-state index in [1.54, 1.807) is 0 Å². The fraction of sp³-hybridized carbons (Fsp3) is 0.562. The minimum atomic E-state index is 0.213. The number of unbranched alkanes of at least 4 members (excludes halogenated alkanes) is 1. The molecule has 3 heteroatoms. The molecule has 19 heavy (non-hydrogen) atoms. The first-order chi connectivity index (χ1) is 9.17. The molecular weight excluding hydrogens is 236 g/mol. The minimum Gasteiger partial charge on any atom is -0.338 e. The van der Waals surface area contributed by atoms with Crippen LogP contribution in [0, 0.1) is 0 Å². The molecule has 0 radical (unpaired) electrons. The third kappa shape index (κ3) is 5.88. The third-order valence-corrected chi connectivity index (χ3v) is 3.25. The number of hydrogen-bond acceptors (Lipinski definition) is 2. The van der Waals surface area contributed by atoms with E-state index in [4.69, 9.17) is 0 Å². The summed E-state index contributed by atoms with van der Waals surface area (Å²) in [6.45, 7) is 7.18. The molecule has 1 amide bonds. The summed E-state index contributed by atoms with van der Waals surface area (Å²) in [6, 6.07) is 10.2. The Hall–Kier alpha value is -1.35. The van der Waals surface area contributed by atoms with Gasteiger partial charge in [-0.1, -0.05) is 43.7 Å². The molecule has 0 spiro atoms. The van der Waals surface area contributed by atoms with E-state index in [1.165, 1.54) is 12.0 Å². The van der Waals surface area contributed by atoms with Gasteiger partial charge in [0, 0.05) is 13.1 Å². The fourth-order valence-electron chi connectivity index (χ4n) is 2.02. The van der Waals surface area contributed by atoms with Crippen LogP contribution >= 0.6 is 0 Å². The van der Waals surface area contributed by atoms with Gasteiger partial charge in [0.15, 0.2) is 0 Å². The van der Waals surface area contributed by atoms with Crippen LogP contribution in [0.25, 0.3) is 0 Å². The van der Waals surface area contributed by atoms with Crippen molar-refractivity contribution in [2.75, 3.05) is 26.7 Å². The number of carbonyl (C=O) groups is 1. The zero-order chi connectivity index (χ0) is 14.1. The lowest BCUT2D eigenvalue weighted by Crippen LogP contribution is -2.38. The molecule has 0 aliphatic heterocycles. The van der Waals surface area contributed by atoms with E-state index < -0.39 is 0 Å². The maximum Gasteiger partial charge on any atom is 0.237 e. The summed E-state index contributed by atoms with van der Waals surface area (Å²) >= 11 is 0. The predicted octanol–water partition coefficient (Wildman–Crippen LogP) is 2.77. The van der Waals surface area contributed by atoms with Crippen LogP contribution in [0.5, 0.6) is 0 Å². The van der Waals surface area contributed by atoms with Crippen LogP contribution in [0.3, 0.4) is 0 Å². The molecule has 1 aromatic carbocycles. The molecule has 0 aliphatic carbocycles. The molecule has 0 atom stereocenters. The van der Waals surface area contributed by atoms with Gasteiger partial charge in [0.25, 0.3) is 0 Å². The van der Waals surface area contributed by atoms with Gasteiger partial charge in [0.2, 0.25) is 5.91 Å². The summed E-state index contributed by atoms with van der Waals surface area (Å²) in [5, 5.41) is 0. The van der Waals surface area contributed by atoms with Crippen LogP contribution in [-0.4, -0.2) is 42.4 Å². The van der Waals surface area contributed by atoms with Gasteiger partial charge in [-0.25, -0.2) is 0 Å². The number of benzene rings is 1. The summed E-state index contributed by atoms with van der Waals surface area (Å²) in [7, 11) is 2.02. The lowest BCUT2D eigenvalue weighted by molar-refractivity contribution is -0.132. The highest BCUT2D eigenvalue weighted by Crippen LogP contribution is 2.05. The quantitative estimate of drug-likeness (QED) is 0.719. The molecule has 3 nitrogen and oxygen atoms in total. The first kappa shape index (κ1) is 15.7. The summed E-state index contributed by atoms with van der Waals surface area (Å²) in [6.07, 6.45) is 2.31. The van der Waals surface area contributed by atoms with E-state index >= 15 is 0 Å². The monoisotopic (exact) mass is 262 g/mol. The minimum absolute atomic E-state index is 0.213. The molecule has 0 saturated heterocycles. The largest absolute Gasteiger partial charge is 0.338 e. The van der Waals surface area contributed by atoms with E-state index in [0.717, 1.165) is 19.5 Å². The van der Waals surface area contributed by atoms with Crippen molar-refractivity contribution in [1.82, 2.24) is 9.80 Å². The van der Waals surface area contributed by atoms with Crippen molar-refractivity contribution >= 4 is 5.91 Å². The molecular formula is C16H26N2O. The Morgan fingerprint density at radius 3 is 2.42 bits per heavy atom. The van der Waals surface area contributed by atoms with Gasteiger partial charge in [0.05, 0.1) is 6.54 Å². The Morgan fingerprint density at radius 2 is 1.84 bits per heavy atom. The molecule has 0 unspecified atom stereocenters. The summed E-state index contributed by atoms with van der Waals surface area (Å²) < 4.78 is 0. The van der Waals surface area contributed by atoms with Gasteiger partial charge in [-0.15, -0.1) is 0 Å². The summed E-state index contributed by atoms with van der Waals surface area (Å²) in [5.41, 5.74) is 1.19. The standard InChI is InChI=1S/C16H26N2O/c1-4-6-12-17(3)14-16(19)18(5-2)13-15-10-8-7-9-11-15/h7-11H,4-6,12-14H2,1-3H3. The average Bonchev–Trinajstić information content (AvgIpc) is 2.43. The molecule has 0 aliphatic rings. The van der Waals surface area contributed by atoms with Crippen molar-refractivity contribution in [2.24, 2.45) is 0 Å². The molecule has 0 N–H and O–H groups in total. The topological polar surface area (TPSA) is 23.6 Å². The highest BCUT2D eigenvalue weighted by molar-refractivity contribution is 5.78. The highest BCUT2D eigenvalue weighted by atomic mass is 16.2. The van der Waals surface area contributed by atoms with Crippen LogP contribution in [-0.2, 0) is 11.3 Å². The number of hydrogen-bond donors (Lipinski definition) is 0. The Balaban J connectivity index is 2.48. The normalized spacial score (nSPS) is 10.7. The van der Waals surface area contributed by atoms with Crippen molar-refractivity contribution < 1.29 is 4.79 Å². The number of amides is 1. The van der Waals surface area contributed by atoms with Gasteiger partial charge in [-0.3, -0.25) is 9.69 Å². The van der Waals surface area contributed by atoms with E-state index in [0.29, 0.717) is 13.1 Å². The zero-order valence-electron chi connectivity index (χ0n) is 12.4. The molecule has 1 rings (SSSR count). The molecule has 0 aromatic heterocycles. The SMILES string of the molecule is CCCCN(C)CC(=O)N(CC)Cc1ccccc1. The Kier molecular flexibility index (Phi) is 7.19. The molecule has 106 valence electrons.